The molecule has 1 N–H and O–H groups in total. The van der Waals surface area contributed by atoms with E-state index in [0.29, 0.717) is 17.6 Å². The second kappa shape index (κ2) is 5.64. The minimum Gasteiger partial charge on any atom is -0.490 e. The van der Waals surface area contributed by atoms with Gasteiger partial charge >= 0.3 is 0 Å². The normalized spacial score (nSPS) is 23.8. The van der Waals surface area contributed by atoms with Crippen molar-refractivity contribution < 1.29 is 4.74 Å². The Morgan fingerprint density at radius 2 is 2.10 bits per heavy atom. The fourth-order valence-corrected chi connectivity index (χ4v) is 3.68. The van der Waals surface area contributed by atoms with Gasteiger partial charge in [0.1, 0.15) is 11.9 Å². The van der Waals surface area contributed by atoms with Crippen LogP contribution in [0.15, 0.2) is 18.2 Å². The molecule has 0 amide bonds. The van der Waals surface area contributed by atoms with Gasteiger partial charge in [-0.25, -0.2) is 0 Å². The molecule has 2 atom stereocenters. The van der Waals surface area contributed by atoms with Crippen molar-refractivity contribution in [2.45, 2.75) is 65.5 Å². The van der Waals surface area contributed by atoms with E-state index >= 15 is 0 Å². The second-order valence-electron chi connectivity index (χ2n) is 7.72. The predicted octanol–water partition coefficient (Wildman–Crippen LogP) is 4.10. The van der Waals surface area contributed by atoms with Crippen molar-refractivity contribution in [3.63, 3.8) is 0 Å². The lowest BCUT2D eigenvalue weighted by Gasteiger charge is -2.33. The smallest absolute Gasteiger partial charge is 0.123 e. The first-order valence-corrected chi connectivity index (χ1v) is 8.46. The Hall–Kier alpha value is -1.02. The van der Waals surface area contributed by atoms with Gasteiger partial charge in [-0.1, -0.05) is 38.5 Å². The molecule has 3 rings (SSSR count). The van der Waals surface area contributed by atoms with E-state index in [1.165, 1.54) is 30.4 Å². The van der Waals surface area contributed by atoms with Gasteiger partial charge in [0.05, 0.1) is 0 Å². The number of fused-ring (bicyclic) bond motifs is 1. The highest BCUT2D eigenvalue weighted by Crippen LogP contribution is 2.49. The molecule has 2 nitrogen and oxygen atoms in total. The Balaban J connectivity index is 1.65. The fourth-order valence-electron chi connectivity index (χ4n) is 3.68. The van der Waals surface area contributed by atoms with E-state index in [9.17, 15) is 0 Å². The van der Waals surface area contributed by atoms with Gasteiger partial charge < -0.3 is 10.1 Å². The summed E-state index contributed by atoms with van der Waals surface area (Å²) in [5, 5.41) is 3.66. The molecule has 2 heteroatoms. The minimum absolute atomic E-state index is 0.362. The molecule has 0 spiro atoms. The summed E-state index contributed by atoms with van der Waals surface area (Å²) in [5.74, 6) is 2.00. The molecular formula is C19H29NO. The molecule has 1 aliphatic carbocycles. The molecule has 21 heavy (non-hydrogen) atoms. The Labute approximate surface area is 129 Å². The second-order valence-corrected chi connectivity index (χ2v) is 7.72. The average Bonchev–Trinajstić information content (AvgIpc) is 3.19. The fraction of sp³-hybridized carbons (Fsp3) is 0.684. The molecule has 0 saturated heterocycles. The van der Waals surface area contributed by atoms with E-state index < -0.39 is 0 Å². The van der Waals surface area contributed by atoms with E-state index in [2.05, 4.69) is 51.2 Å². The molecule has 0 radical (unpaired) electrons. The topological polar surface area (TPSA) is 21.3 Å². The minimum atomic E-state index is 0.362. The number of rotatable bonds is 6. The van der Waals surface area contributed by atoms with Gasteiger partial charge in [0, 0.05) is 19.0 Å². The van der Waals surface area contributed by atoms with Crippen LogP contribution in [0, 0.1) is 18.3 Å². The summed E-state index contributed by atoms with van der Waals surface area (Å²) in [6, 6.07) is 7.15. The number of hydrogen-bond acceptors (Lipinski definition) is 2. The van der Waals surface area contributed by atoms with Gasteiger partial charge in [0.15, 0.2) is 0 Å². The lowest BCUT2D eigenvalue weighted by atomic mass is 9.78. The van der Waals surface area contributed by atoms with E-state index in [4.69, 9.17) is 4.74 Å². The number of benzene rings is 1. The first kappa shape index (κ1) is 14.9. The third-order valence-electron chi connectivity index (χ3n) is 5.13. The zero-order chi connectivity index (χ0) is 15.0. The first-order valence-electron chi connectivity index (χ1n) is 8.46. The molecule has 1 aromatic carbocycles. The van der Waals surface area contributed by atoms with Gasteiger partial charge in [-0.2, -0.15) is 0 Å². The number of aryl methyl sites for hydroxylation is 1. The number of ether oxygens (including phenoxy) is 1. The molecule has 0 aromatic heterocycles. The number of hydrogen-bond donors (Lipinski definition) is 1. The van der Waals surface area contributed by atoms with Crippen molar-refractivity contribution in [1.29, 1.82) is 0 Å². The largest absolute Gasteiger partial charge is 0.490 e. The first-order chi connectivity index (χ1) is 9.96. The van der Waals surface area contributed by atoms with Crippen LogP contribution in [-0.4, -0.2) is 18.7 Å². The summed E-state index contributed by atoms with van der Waals surface area (Å²) in [4.78, 5) is 0. The van der Waals surface area contributed by atoms with Gasteiger partial charge in [0.2, 0.25) is 0 Å². The summed E-state index contributed by atoms with van der Waals surface area (Å²) >= 11 is 0. The molecule has 1 heterocycles. The maximum Gasteiger partial charge on any atom is 0.123 e. The van der Waals surface area contributed by atoms with E-state index in [-0.39, 0.29) is 0 Å². The maximum absolute atomic E-state index is 6.21. The van der Waals surface area contributed by atoms with E-state index in [1.807, 2.05) is 0 Å². The van der Waals surface area contributed by atoms with E-state index in [0.717, 1.165) is 24.6 Å². The summed E-state index contributed by atoms with van der Waals surface area (Å²) in [6.45, 7) is 10.2. The van der Waals surface area contributed by atoms with Crippen LogP contribution in [0.3, 0.4) is 0 Å². The molecule has 116 valence electrons. The van der Waals surface area contributed by atoms with Gasteiger partial charge in [-0.15, -0.1) is 0 Å². The molecule has 1 aromatic rings. The Kier molecular flexibility index (Phi) is 4.00. The monoisotopic (exact) mass is 287 g/mol. The zero-order valence-corrected chi connectivity index (χ0v) is 13.9. The lowest BCUT2D eigenvalue weighted by Crippen LogP contribution is -2.40. The average molecular weight is 287 g/mol. The Morgan fingerprint density at radius 3 is 2.76 bits per heavy atom. The van der Waals surface area contributed by atoms with Crippen LogP contribution < -0.4 is 10.1 Å². The van der Waals surface area contributed by atoms with Crippen LogP contribution in [0.2, 0.25) is 0 Å². The SMILES string of the molecule is Cc1ccc2c(c1)CC(CC(C)(CNC(C)C)C1CC1)O2. The van der Waals surface area contributed by atoms with Crippen molar-refractivity contribution in [2.75, 3.05) is 6.54 Å². The van der Waals surface area contributed by atoms with Gasteiger partial charge in [-0.3, -0.25) is 0 Å². The van der Waals surface area contributed by atoms with Crippen molar-refractivity contribution in [3.8, 4) is 5.75 Å². The Bertz CT molecular complexity index is 506. The van der Waals surface area contributed by atoms with Crippen LogP contribution in [0.5, 0.6) is 5.75 Å². The summed E-state index contributed by atoms with van der Waals surface area (Å²) in [6.07, 6.45) is 5.41. The third kappa shape index (κ3) is 3.42. The third-order valence-corrected chi connectivity index (χ3v) is 5.13. The predicted molar refractivity (Wildman–Crippen MR) is 87.9 cm³/mol. The van der Waals surface area contributed by atoms with Crippen molar-refractivity contribution in [1.82, 2.24) is 5.32 Å². The highest BCUT2D eigenvalue weighted by molar-refractivity contribution is 5.40. The summed E-state index contributed by atoms with van der Waals surface area (Å²) < 4.78 is 6.21. The van der Waals surface area contributed by atoms with Crippen molar-refractivity contribution in [2.24, 2.45) is 11.3 Å². The zero-order valence-electron chi connectivity index (χ0n) is 13.9. The molecule has 2 aliphatic rings. The highest BCUT2D eigenvalue weighted by atomic mass is 16.5. The summed E-state index contributed by atoms with van der Waals surface area (Å²) in [7, 11) is 0. The quantitative estimate of drug-likeness (QED) is 0.850. The van der Waals surface area contributed by atoms with Crippen LogP contribution >= 0.6 is 0 Å². The molecule has 1 fully saturated rings. The molecule has 1 aliphatic heterocycles. The van der Waals surface area contributed by atoms with Gasteiger partial charge in [0.25, 0.3) is 0 Å². The van der Waals surface area contributed by atoms with Crippen LogP contribution in [0.1, 0.15) is 51.2 Å². The molecule has 0 bridgehead atoms. The number of nitrogens with one attached hydrogen (secondary N) is 1. The van der Waals surface area contributed by atoms with Gasteiger partial charge in [-0.05, 0) is 49.1 Å². The Morgan fingerprint density at radius 1 is 1.33 bits per heavy atom. The standard InChI is InChI=1S/C19H29NO/c1-13(2)20-12-19(4,16-6-7-16)11-17-10-15-9-14(3)5-8-18(15)21-17/h5,8-9,13,16-17,20H,6-7,10-12H2,1-4H3. The molecular weight excluding hydrogens is 258 g/mol. The maximum atomic E-state index is 6.21. The van der Waals surface area contributed by atoms with Crippen molar-refractivity contribution >= 4 is 0 Å². The van der Waals surface area contributed by atoms with Crippen LogP contribution in [0.4, 0.5) is 0 Å². The summed E-state index contributed by atoms with van der Waals surface area (Å²) in [5.41, 5.74) is 3.12. The molecule has 1 saturated carbocycles. The molecule has 2 unspecified atom stereocenters. The highest BCUT2D eigenvalue weighted by Gasteiger charge is 2.43. The van der Waals surface area contributed by atoms with Crippen molar-refractivity contribution in [3.05, 3.63) is 29.3 Å². The van der Waals surface area contributed by atoms with E-state index in [1.54, 1.807) is 0 Å². The lowest BCUT2D eigenvalue weighted by molar-refractivity contribution is 0.124. The van der Waals surface area contributed by atoms with Crippen LogP contribution in [0.25, 0.3) is 0 Å². The van der Waals surface area contributed by atoms with Crippen LogP contribution in [-0.2, 0) is 6.42 Å².